The molecule has 2 rings (SSSR count). The maximum absolute atomic E-state index is 11.8. The summed E-state index contributed by atoms with van der Waals surface area (Å²) < 4.78 is 16.8. The zero-order valence-corrected chi connectivity index (χ0v) is 14.3. The van der Waals surface area contributed by atoms with E-state index in [1.54, 1.807) is 7.11 Å². The number of ether oxygens (including phenoxy) is 3. The van der Waals surface area contributed by atoms with Gasteiger partial charge in [0.25, 0.3) is 0 Å². The maximum atomic E-state index is 11.8. The van der Waals surface area contributed by atoms with Gasteiger partial charge in [-0.2, -0.15) is 0 Å². The van der Waals surface area contributed by atoms with Crippen LogP contribution < -0.4 is 14.8 Å². The first kappa shape index (κ1) is 17.6. The Balaban J connectivity index is 1.91. The number of benzene rings is 1. The van der Waals surface area contributed by atoms with Crippen LogP contribution in [0.2, 0.25) is 0 Å². The minimum atomic E-state index is 0.0333. The van der Waals surface area contributed by atoms with E-state index in [1.807, 2.05) is 32.0 Å². The fourth-order valence-electron chi connectivity index (χ4n) is 2.45. The van der Waals surface area contributed by atoms with E-state index < -0.39 is 0 Å². The van der Waals surface area contributed by atoms with Gasteiger partial charge in [-0.05, 0) is 37.0 Å². The van der Waals surface area contributed by atoms with E-state index in [-0.39, 0.29) is 17.9 Å². The van der Waals surface area contributed by atoms with Gasteiger partial charge in [0.05, 0.1) is 13.2 Å². The van der Waals surface area contributed by atoms with Crippen molar-refractivity contribution in [3.63, 3.8) is 0 Å². The molecule has 0 aliphatic carbocycles. The number of carbonyl (C=O) groups is 1. The molecule has 1 N–H and O–H groups in total. The lowest BCUT2D eigenvalue weighted by atomic mass is 10.1. The second-order valence-corrected chi connectivity index (χ2v) is 5.96. The molecule has 1 amide bonds. The van der Waals surface area contributed by atoms with Crippen LogP contribution in [0.4, 0.5) is 0 Å². The minimum Gasteiger partial charge on any atom is -0.493 e. The molecule has 0 spiro atoms. The normalized spacial score (nSPS) is 18.5. The molecule has 0 aromatic heterocycles. The Hall–Kier alpha value is -1.75. The van der Waals surface area contributed by atoms with Crippen molar-refractivity contribution in [2.24, 2.45) is 5.92 Å². The Morgan fingerprint density at radius 3 is 2.91 bits per heavy atom. The number of amides is 1. The predicted octanol–water partition coefficient (Wildman–Crippen LogP) is 2.92. The first-order valence-corrected chi connectivity index (χ1v) is 8.33. The molecule has 0 saturated carbocycles. The Morgan fingerprint density at radius 2 is 2.26 bits per heavy atom. The van der Waals surface area contributed by atoms with Crippen molar-refractivity contribution in [2.45, 2.75) is 45.8 Å². The molecule has 1 aliphatic heterocycles. The van der Waals surface area contributed by atoms with Gasteiger partial charge >= 0.3 is 0 Å². The van der Waals surface area contributed by atoms with E-state index in [9.17, 15) is 4.79 Å². The second-order valence-electron chi connectivity index (χ2n) is 5.96. The molecule has 5 heteroatoms. The summed E-state index contributed by atoms with van der Waals surface area (Å²) in [6.45, 7) is 5.79. The summed E-state index contributed by atoms with van der Waals surface area (Å²) in [5.74, 6) is 1.49. The standard InChI is InChI=1S/C18H27NO4/c1-4-13(2)18(20)19-11-14-7-8-16(17(10-14)21-3)23-12-15-6-5-9-22-15/h7-8,10,13,15H,4-6,9,11-12H2,1-3H3,(H,19,20). The monoisotopic (exact) mass is 321 g/mol. The Kier molecular flexibility index (Phi) is 6.71. The Morgan fingerprint density at radius 1 is 1.43 bits per heavy atom. The van der Waals surface area contributed by atoms with Crippen molar-refractivity contribution in [1.29, 1.82) is 0 Å². The predicted molar refractivity (Wildman–Crippen MR) is 88.8 cm³/mol. The van der Waals surface area contributed by atoms with Gasteiger partial charge in [-0.1, -0.05) is 19.9 Å². The molecule has 2 unspecified atom stereocenters. The van der Waals surface area contributed by atoms with E-state index in [2.05, 4.69) is 5.32 Å². The lowest BCUT2D eigenvalue weighted by molar-refractivity contribution is -0.124. The van der Waals surface area contributed by atoms with Crippen LogP contribution in [-0.2, 0) is 16.1 Å². The van der Waals surface area contributed by atoms with Gasteiger partial charge in [-0.25, -0.2) is 0 Å². The molecule has 1 aromatic rings. The average Bonchev–Trinajstić information content (AvgIpc) is 3.10. The second kappa shape index (κ2) is 8.77. The van der Waals surface area contributed by atoms with E-state index in [0.29, 0.717) is 24.7 Å². The lowest BCUT2D eigenvalue weighted by Crippen LogP contribution is -2.28. The zero-order valence-electron chi connectivity index (χ0n) is 14.3. The van der Waals surface area contributed by atoms with E-state index in [4.69, 9.17) is 14.2 Å². The average molecular weight is 321 g/mol. The molecule has 0 bridgehead atoms. The van der Waals surface area contributed by atoms with Crippen molar-refractivity contribution >= 4 is 5.91 Å². The molecule has 5 nitrogen and oxygen atoms in total. The van der Waals surface area contributed by atoms with Crippen LogP contribution in [0.15, 0.2) is 18.2 Å². The van der Waals surface area contributed by atoms with Crippen molar-refractivity contribution in [2.75, 3.05) is 20.3 Å². The first-order chi connectivity index (χ1) is 11.1. The quantitative estimate of drug-likeness (QED) is 0.800. The van der Waals surface area contributed by atoms with Crippen molar-refractivity contribution < 1.29 is 19.0 Å². The van der Waals surface area contributed by atoms with Crippen LogP contribution in [0.25, 0.3) is 0 Å². The maximum Gasteiger partial charge on any atom is 0.223 e. The summed E-state index contributed by atoms with van der Waals surface area (Å²) in [7, 11) is 1.62. The number of methoxy groups -OCH3 is 1. The van der Waals surface area contributed by atoms with Crippen LogP contribution in [0.1, 0.15) is 38.7 Å². The molecule has 1 aromatic carbocycles. The molecular formula is C18H27NO4. The fraction of sp³-hybridized carbons (Fsp3) is 0.611. The van der Waals surface area contributed by atoms with Crippen molar-refractivity contribution in [3.8, 4) is 11.5 Å². The summed E-state index contributed by atoms with van der Waals surface area (Å²) >= 11 is 0. The molecule has 1 aliphatic rings. The number of rotatable bonds is 8. The van der Waals surface area contributed by atoms with Crippen molar-refractivity contribution in [1.82, 2.24) is 5.32 Å². The lowest BCUT2D eigenvalue weighted by Gasteiger charge is -2.15. The van der Waals surface area contributed by atoms with Gasteiger partial charge in [-0.3, -0.25) is 4.79 Å². The van der Waals surface area contributed by atoms with Crippen LogP contribution in [-0.4, -0.2) is 32.3 Å². The Labute approximate surface area is 138 Å². The Bertz CT molecular complexity index is 512. The highest BCUT2D eigenvalue weighted by molar-refractivity contribution is 5.78. The molecule has 1 saturated heterocycles. The molecular weight excluding hydrogens is 294 g/mol. The van der Waals surface area contributed by atoms with Crippen LogP contribution in [0, 0.1) is 5.92 Å². The van der Waals surface area contributed by atoms with Crippen LogP contribution in [0.5, 0.6) is 11.5 Å². The first-order valence-electron chi connectivity index (χ1n) is 8.33. The SMILES string of the molecule is CCC(C)C(=O)NCc1ccc(OCC2CCCO2)c(OC)c1. The van der Waals surface area contributed by atoms with Gasteiger partial charge in [0, 0.05) is 19.1 Å². The van der Waals surface area contributed by atoms with Crippen LogP contribution in [0.3, 0.4) is 0 Å². The molecule has 2 atom stereocenters. The van der Waals surface area contributed by atoms with Gasteiger partial charge in [0.1, 0.15) is 6.61 Å². The molecule has 23 heavy (non-hydrogen) atoms. The third kappa shape index (κ3) is 5.13. The molecule has 1 heterocycles. The highest BCUT2D eigenvalue weighted by atomic mass is 16.5. The largest absolute Gasteiger partial charge is 0.493 e. The van der Waals surface area contributed by atoms with E-state index in [1.165, 1.54) is 0 Å². The fourth-order valence-corrected chi connectivity index (χ4v) is 2.45. The number of nitrogens with one attached hydrogen (secondary N) is 1. The topological polar surface area (TPSA) is 56.8 Å². The molecule has 0 radical (unpaired) electrons. The van der Waals surface area contributed by atoms with Gasteiger partial charge in [0.15, 0.2) is 11.5 Å². The highest BCUT2D eigenvalue weighted by Crippen LogP contribution is 2.29. The summed E-state index contributed by atoms with van der Waals surface area (Å²) in [6.07, 6.45) is 3.15. The van der Waals surface area contributed by atoms with Crippen LogP contribution >= 0.6 is 0 Å². The van der Waals surface area contributed by atoms with Gasteiger partial charge in [-0.15, -0.1) is 0 Å². The minimum absolute atomic E-state index is 0.0333. The molecule has 128 valence electrons. The van der Waals surface area contributed by atoms with Gasteiger partial charge < -0.3 is 19.5 Å². The number of carbonyl (C=O) groups excluding carboxylic acids is 1. The highest BCUT2D eigenvalue weighted by Gasteiger charge is 2.17. The van der Waals surface area contributed by atoms with Crippen molar-refractivity contribution in [3.05, 3.63) is 23.8 Å². The van der Waals surface area contributed by atoms with E-state index in [0.717, 1.165) is 31.4 Å². The molecule has 1 fully saturated rings. The number of hydrogen-bond acceptors (Lipinski definition) is 4. The summed E-state index contributed by atoms with van der Waals surface area (Å²) in [5, 5.41) is 2.94. The summed E-state index contributed by atoms with van der Waals surface area (Å²) in [4.78, 5) is 11.8. The number of hydrogen-bond donors (Lipinski definition) is 1. The smallest absolute Gasteiger partial charge is 0.223 e. The third-order valence-corrected chi connectivity index (χ3v) is 4.20. The van der Waals surface area contributed by atoms with E-state index >= 15 is 0 Å². The summed E-state index contributed by atoms with van der Waals surface area (Å²) in [5.41, 5.74) is 0.989. The third-order valence-electron chi connectivity index (χ3n) is 4.20. The zero-order chi connectivity index (χ0) is 16.7. The van der Waals surface area contributed by atoms with Gasteiger partial charge in [0.2, 0.25) is 5.91 Å². The summed E-state index contributed by atoms with van der Waals surface area (Å²) in [6, 6.07) is 5.74.